The van der Waals surface area contributed by atoms with Crippen molar-refractivity contribution in [2.45, 2.75) is 64.7 Å². The molecule has 2 aromatic carbocycles. The van der Waals surface area contributed by atoms with E-state index >= 15 is 0 Å². The number of carboxylic acids is 1. The van der Waals surface area contributed by atoms with Crippen LogP contribution < -0.4 is 5.32 Å². The molecule has 3 heteroatoms. The minimum absolute atomic E-state index is 0.288. The van der Waals surface area contributed by atoms with E-state index in [0.717, 1.165) is 12.1 Å². The smallest absolute Gasteiger partial charge is 0.337 e. The van der Waals surface area contributed by atoms with Gasteiger partial charge in [-0.2, -0.15) is 0 Å². The van der Waals surface area contributed by atoms with Crippen LogP contribution in [0.4, 0.5) is 11.4 Å². The maximum atomic E-state index is 11.3. The van der Waals surface area contributed by atoms with Gasteiger partial charge in [0.15, 0.2) is 0 Å². The first-order valence-corrected chi connectivity index (χ1v) is 9.89. The summed E-state index contributed by atoms with van der Waals surface area (Å²) in [5, 5.41) is 12.4. The number of rotatable bonds is 12. The van der Waals surface area contributed by atoms with E-state index in [2.05, 4.69) is 24.4 Å². The Morgan fingerprint density at radius 1 is 0.846 bits per heavy atom. The highest BCUT2D eigenvalue weighted by molar-refractivity contribution is 5.95. The maximum Gasteiger partial charge on any atom is 0.337 e. The third-order valence-electron chi connectivity index (χ3n) is 4.71. The van der Waals surface area contributed by atoms with Crippen molar-refractivity contribution in [2.75, 3.05) is 5.32 Å². The topological polar surface area (TPSA) is 49.3 Å². The number of carboxylic acid groups (broad SMARTS) is 1. The van der Waals surface area contributed by atoms with Gasteiger partial charge in [0, 0.05) is 5.69 Å². The number of aromatic carboxylic acids is 1. The van der Waals surface area contributed by atoms with Crippen LogP contribution in [0.5, 0.6) is 0 Å². The van der Waals surface area contributed by atoms with Crippen LogP contribution in [0.1, 0.15) is 74.2 Å². The van der Waals surface area contributed by atoms with Gasteiger partial charge < -0.3 is 10.4 Å². The second-order valence-electron chi connectivity index (χ2n) is 6.90. The zero-order valence-electron chi connectivity index (χ0n) is 15.8. The second-order valence-corrected chi connectivity index (χ2v) is 6.90. The van der Waals surface area contributed by atoms with Crippen molar-refractivity contribution in [1.29, 1.82) is 0 Å². The van der Waals surface area contributed by atoms with Gasteiger partial charge in [-0.25, -0.2) is 4.79 Å². The molecule has 0 saturated carbocycles. The van der Waals surface area contributed by atoms with Crippen LogP contribution in [0.3, 0.4) is 0 Å². The maximum absolute atomic E-state index is 11.3. The molecule has 0 atom stereocenters. The van der Waals surface area contributed by atoms with Gasteiger partial charge in [-0.15, -0.1) is 0 Å². The zero-order valence-corrected chi connectivity index (χ0v) is 15.8. The lowest BCUT2D eigenvalue weighted by atomic mass is 10.0. The number of unbranched alkanes of at least 4 members (excludes halogenated alkanes) is 7. The Hall–Kier alpha value is -2.29. The van der Waals surface area contributed by atoms with Crippen molar-refractivity contribution in [3.05, 3.63) is 59.7 Å². The summed E-state index contributed by atoms with van der Waals surface area (Å²) < 4.78 is 0. The summed E-state index contributed by atoms with van der Waals surface area (Å²) in [6.45, 7) is 2.26. The third-order valence-corrected chi connectivity index (χ3v) is 4.71. The van der Waals surface area contributed by atoms with Crippen LogP contribution in [-0.2, 0) is 6.42 Å². The molecule has 0 spiro atoms. The van der Waals surface area contributed by atoms with E-state index in [9.17, 15) is 9.90 Å². The molecule has 0 heterocycles. The Bertz CT molecular complexity index is 664. The first-order chi connectivity index (χ1) is 12.7. The van der Waals surface area contributed by atoms with Crippen LogP contribution in [0.15, 0.2) is 48.5 Å². The first kappa shape index (κ1) is 20.0. The zero-order chi connectivity index (χ0) is 18.6. The summed E-state index contributed by atoms with van der Waals surface area (Å²) in [7, 11) is 0. The predicted octanol–water partition coefficient (Wildman–Crippen LogP) is 6.81. The number of anilines is 2. The lowest BCUT2D eigenvalue weighted by molar-refractivity contribution is 0.0698. The summed E-state index contributed by atoms with van der Waals surface area (Å²) in [6, 6.07) is 15.3. The SMILES string of the molecule is CCCCCCCCCCc1ccc(Nc2ccccc2C(=O)O)cc1. The third kappa shape index (κ3) is 6.91. The molecule has 2 rings (SSSR count). The number of benzene rings is 2. The molecule has 0 saturated heterocycles. The van der Waals surface area contributed by atoms with Gasteiger partial charge in [-0.1, -0.05) is 76.1 Å². The molecule has 0 aliphatic rings. The largest absolute Gasteiger partial charge is 0.478 e. The molecular formula is C23H31NO2. The fourth-order valence-corrected chi connectivity index (χ4v) is 3.15. The number of hydrogen-bond acceptors (Lipinski definition) is 2. The summed E-state index contributed by atoms with van der Waals surface area (Å²) in [5.74, 6) is -0.917. The Morgan fingerprint density at radius 3 is 2.12 bits per heavy atom. The normalized spacial score (nSPS) is 10.7. The average molecular weight is 354 g/mol. The van der Waals surface area contributed by atoms with Crippen molar-refractivity contribution >= 4 is 17.3 Å². The average Bonchev–Trinajstić information content (AvgIpc) is 2.65. The second kappa shape index (κ2) is 11.3. The van der Waals surface area contributed by atoms with Gasteiger partial charge >= 0.3 is 5.97 Å². The van der Waals surface area contributed by atoms with Gasteiger partial charge in [0.2, 0.25) is 0 Å². The van der Waals surface area contributed by atoms with E-state index in [1.54, 1.807) is 18.2 Å². The lowest BCUT2D eigenvalue weighted by Crippen LogP contribution is -2.02. The molecule has 0 aliphatic heterocycles. The van der Waals surface area contributed by atoms with E-state index in [0.29, 0.717) is 5.69 Å². The molecular weight excluding hydrogens is 322 g/mol. The van der Waals surface area contributed by atoms with E-state index < -0.39 is 5.97 Å². The van der Waals surface area contributed by atoms with Gasteiger partial charge in [-0.05, 0) is 42.7 Å². The van der Waals surface area contributed by atoms with E-state index in [-0.39, 0.29) is 5.56 Å². The predicted molar refractivity (Wildman–Crippen MR) is 109 cm³/mol. The number of para-hydroxylation sites is 1. The van der Waals surface area contributed by atoms with E-state index in [1.165, 1.54) is 56.9 Å². The molecule has 0 fully saturated rings. The highest BCUT2D eigenvalue weighted by atomic mass is 16.4. The van der Waals surface area contributed by atoms with Crippen LogP contribution in [-0.4, -0.2) is 11.1 Å². The summed E-state index contributed by atoms with van der Waals surface area (Å²) in [4.78, 5) is 11.3. The van der Waals surface area contributed by atoms with Gasteiger partial charge in [0.1, 0.15) is 0 Å². The highest BCUT2D eigenvalue weighted by Crippen LogP contribution is 2.22. The van der Waals surface area contributed by atoms with Gasteiger partial charge in [-0.3, -0.25) is 0 Å². The van der Waals surface area contributed by atoms with Crippen LogP contribution >= 0.6 is 0 Å². The number of aryl methyl sites for hydroxylation is 1. The van der Waals surface area contributed by atoms with Crippen molar-refractivity contribution in [2.24, 2.45) is 0 Å². The van der Waals surface area contributed by atoms with E-state index in [4.69, 9.17) is 0 Å². The Morgan fingerprint density at radius 2 is 1.46 bits per heavy atom. The fourth-order valence-electron chi connectivity index (χ4n) is 3.15. The first-order valence-electron chi connectivity index (χ1n) is 9.89. The summed E-state index contributed by atoms with van der Waals surface area (Å²) >= 11 is 0. The van der Waals surface area contributed by atoms with E-state index in [1.807, 2.05) is 18.2 Å². The Balaban J connectivity index is 1.74. The van der Waals surface area contributed by atoms with Crippen LogP contribution in [0.2, 0.25) is 0 Å². The number of nitrogens with one attached hydrogen (secondary N) is 1. The van der Waals surface area contributed by atoms with Gasteiger partial charge in [0.05, 0.1) is 11.3 Å². The molecule has 2 N–H and O–H groups in total. The highest BCUT2D eigenvalue weighted by Gasteiger charge is 2.08. The fraction of sp³-hybridized carbons (Fsp3) is 0.435. The van der Waals surface area contributed by atoms with Crippen molar-refractivity contribution in [3.8, 4) is 0 Å². The minimum Gasteiger partial charge on any atom is -0.478 e. The Labute approximate surface area is 157 Å². The summed E-state index contributed by atoms with van der Waals surface area (Å²) in [6.07, 6.45) is 11.8. The monoisotopic (exact) mass is 353 g/mol. The molecule has 0 radical (unpaired) electrons. The van der Waals surface area contributed by atoms with Crippen molar-refractivity contribution in [1.82, 2.24) is 0 Å². The number of hydrogen-bond donors (Lipinski definition) is 2. The van der Waals surface area contributed by atoms with Gasteiger partial charge in [0.25, 0.3) is 0 Å². The molecule has 0 unspecified atom stereocenters. The lowest BCUT2D eigenvalue weighted by Gasteiger charge is -2.10. The molecule has 26 heavy (non-hydrogen) atoms. The Kier molecular flexibility index (Phi) is 8.74. The van der Waals surface area contributed by atoms with Crippen LogP contribution in [0.25, 0.3) is 0 Å². The number of carbonyl (C=O) groups is 1. The molecule has 3 nitrogen and oxygen atoms in total. The molecule has 0 bridgehead atoms. The minimum atomic E-state index is -0.917. The molecule has 140 valence electrons. The molecule has 0 amide bonds. The molecule has 2 aromatic rings. The van der Waals surface area contributed by atoms with Crippen molar-refractivity contribution in [3.63, 3.8) is 0 Å². The standard InChI is InChI=1S/C23H31NO2/c1-2-3-4-5-6-7-8-9-12-19-15-17-20(18-16-19)24-22-14-11-10-13-21(22)23(25)26/h10-11,13-18,24H,2-9,12H2,1H3,(H,25,26). The quantitative estimate of drug-likeness (QED) is 0.412. The molecule has 0 aromatic heterocycles. The molecule has 0 aliphatic carbocycles. The summed E-state index contributed by atoms with van der Waals surface area (Å²) in [5.41, 5.74) is 3.16. The van der Waals surface area contributed by atoms with Crippen LogP contribution in [0, 0.1) is 0 Å². The van der Waals surface area contributed by atoms with Crippen molar-refractivity contribution < 1.29 is 9.90 Å².